The second kappa shape index (κ2) is 4.55. The maximum atomic E-state index is 12.8. The van der Waals surface area contributed by atoms with Gasteiger partial charge in [0.1, 0.15) is 0 Å². The van der Waals surface area contributed by atoms with E-state index in [9.17, 15) is 13.2 Å². The lowest BCUT2D eigenvalue weighted by atomic mass is 9.84. The lowest BCUT2D eigenvalue weighted by Crippen LogP contribution is -2.46. The van der Waals surface area contributed by atoms with Crippen LogP contribution >= 0.6 is 0 Å². The van der Waals surface area contributed by atoms with Gasteiger partial charge in [0.05, 0.1) is 5.92 Å². The quantitative estimate of drug-likeness (QED) is 0.789. The highest BCUT2D eigenvalue weighted by Crippen LogP contribution is 2.41. The third kappa shape index (κ3) is 2.70. The van der Waals surface area contributed by atoms with Gasteiger partial charge in [-0.1, -0.05) is 26.2 Å². The molecule has 1 nitrogen and oxygen atoms in total. The average Bonchev–Trinajstić information content (AvgIpc) is 2.96. The molecule has 4 atom stereocenters. The van der Waals surface area contributed by atoms with Crippen molar-refractivity contribution >= 4 is 0 Å². The van der Waals surface area contributed by atoms with E-state index in [1.165, 1.54) is 0 Å². The van der Waals surface area contributed by atoms with Gasteiger partial charge in [-0.05, 0) is 25.2 Å². The molecule has 0 bridgehead atoms. The van der Waals surface area contributed by atoms with Crippen molar-refractivity contribution in [3.63, 3.8) is 0 Å². The number of hydrogen-bond donors (Lipinski definition) is 1. The second-order valence-corrected chi connectivity index (χ2v) is 5.22. The van der Waals surface area contributed by atoms with E-state index >= 15 is 0 Å². The number of hydrogen-bond acceptors (Lipinski definition) is 1. The highest BCUT2D eigenvalue weighted by atomic mass is 19.4. The maximum Gasteiger partial charge on any atom is 0.393 e. The van der Waals surface area contributed by atoms with Gasteiger partial charge in [0.15, 0.2) is 0 Å². The second-order valence-electron chi connectivity index (χ2n) is 5.22. The van der Waals surface area contributed by atoms with Crippen molar-refractivity contribution in [3.05, 3.63) is 0 Å². The Balaban J connectivity index is 1.90. The zero-order chi connectivity index (χ0) is 11.8. The van der Waals surface area contributed by atoms with Crippen molar-refractivity contribution in [1.82, 2.24) is 5.32 Å². The Hall–Kier alpha value is -0.250. The van der Waals surface area contributed by atoms with Gasteiger partial charge in [-0.3, -0.25) is 0 Å². The molecule has 0 saturated heterocycles. The van der Waals surface area contributed by atoms with E-state index in [-0.39, 0.29) is 6.04 Å². The summed E-state index contributed by atoms with van der Waals surface area (Å²) in [5.41, 5.74) is 0. The van der Waals surface area contributed by atoms with Gasteiger partial charge in [0.2, 0.25) is 0 Å². The molecule has 0 spiro atoms. The summed E-state index contributed by atoms with van der Waals surface area (Å²) in [6.45, 7) is 2.11. The Kier molecular flexibility index (Phi) is 3.48. The molecule has 2 aliphatic carbocycles. The molecule has 2 rings (SSSR count). The molecule has 2 aliphatic rings. The van der Waals surface area contributed by atoms with Crippen LogP contribution in [-0.2, 0) is 0 Å². The largest absolute Gasteiger partial charge is 0.393 e. The van der Waals surface area contributed by atoms with E-state index in [2.05, 4.69) is 12.2 Å². The van der Waals surface area contributed by atoms with Gasteiger partial charge in [-0.2, -0.15) is 13.2 Å². The predicted molar refractivity (Wildman–Crippen MR) is 57.1 cm³/mol. The van der Waals surface area contributed by atoms with Gasteiger partial charge < -0.3 is 5.32 Å². The molecular weight excluding hydrogens is 215 g/mol. The van der Waals surface area contributed by atoms with Crippen molar-refractivity contribution in [2.24, 2.45) is 11.8 Å². The zero-order valence-electron chi connectivity index (χ0n) is 9.69. The van der Waals surface area contributed by atoms with Crippen molar-refractivity contribution in [2.45, 2.75) is 63.7 Å². The minimum atomic E-state index is -4.02. The minimum Gasteiger partial charge on any atom is -0.310 e. The van der Waals surface area contributed by atoms with E-state index < -0.39 is 12.1 Å². The molecule has 1 N–H and O–H groups in total. The number of halogens is 3. The minimum absolute atomic E-state index is 0.310. The van der Waals surface area contributed by atoms with Crippen LogP contribution in [0.15, 0.2) is 0 Å². The summed E-state index contributed by atoms with van der Waals surface area (Å²) >= 11 is 0. The van der Waals surface area contributed by atoms with Gasteiger partial charge >= 0.3 is 6.18 Å². The number of nitrogens with one attached hydrogen (secondary N) is 1. The van der Waals surface area contributed by atoms with Crippen LogP contribution in [0.25, 0.3) is 0 Å². The van der Waals surface area contributed by atoms with Crippen LogP contribution in [0.5, 0.6) is 0 Å². The van der Waals surface area contributed by atoms with Crippen LogP contribution in [0.3, 0.4) is 0 Å². The molecule has 0 radical (unpaired) electrons. The monoisotopic (exact) mass is 235 g/mol. The Morgan fingerprint density at radius 1 is 1.12 bits per heavy atom. The third-order valence-electron chi connectivity index (χ3n) is 4.06. The van der Waals surface area contributed by atoms with E-state index in [0.29, 0.717) is 24.8 Å². The Morgan fingerprint density at radius 2 is 1.81 bits per heavy atom. The van der Waals surface area contributed by atoms with Crippen molar-refractivity contribution in [2.75, 3.05) is 0 Å². The molecule has 4 heteroatoms. The molecule has 2 saturated carbocycles. The van der Waals surface area contributed by atoms with Crippen molar-refractivity contribution < 1.29 is 13.2 Å². The fraction of sp³-hybridized carbons (Fsp3) is 1.00. The van der Waals surface area contributed by atoms with E-state index in [4.69, 9.17) is 0 Å². The summed E-state index contributed by atoms with van der Waals surface area (Å²) in [7, 11) is 0. The third-order valence-corrected chi connectivity index (χ3v) is 4.06. The van der Waals surface area contributed by atoms with Gasteiger partial charge in [0.25, 0.3) is 0 Å². The highest BCUT2D eigenvalue weighted by molar-refractivity contribution is 4.97. The molecule has 0 aromatic carbocycles. The van der Waals surface area contributed by atoms with Crippen LogP contribution < -0.4 is 5.32 Å². The molecule has 0 aromatic rings. The Morgan fingerprint density at radius 3 is 2.38 bits per heavy atom. The van der Waals surface area contributed by atoms with Crippen LogP contribution in [-0.4, -0.2) is 18.3 Å². The molecule has 94 valence electrons. The first-order valence-electron chi connectivity index (χ1n) is 6.35. The Bertz CT molecular complexity index is 239. The summed E-state index contributed by atoms with van der Waals surface area (Å²) < 4.78 is 38.4. The summed E-state index contributed by atoms with van der Waals surface area (Å²) in [5, 5.41) is 3.23. The fourth-order valence-electron chi connectivity index (χ4n) is 2.90. The molecular formula is C12H20F3N. The van der Waals surface area contributed by atoms with E-state index in [1.807, 2.05) is 0 Å². The van der Waals surface area contributed by atoms with Gasteiger partial charge in [-0.25, -0.2) is 0 Å². The SMILES string of the molecule is CCC1CC1NC1CCCCC1C(F)(F)F. The number of rotatable bonds is 3. The standard InChI is InChI=1S/C12H20F3N/c1-2-8-7-11(8)16-10-6-4-3-5-9(10)12(13,14)15/h8-11,16H,2-7H2,1H3. The van der Waals surface area contributed by atoms with Crippen LogP contribution in [0.2, 0.25) is 0 Å². The molecule has 0 aromatic heterocycles. The summed E-state index contributed by atoms with van der Waals surface area (Å²) in [6, 6.07) is 0.0354. The normalized spacial score (nSPS) is 39.8. The lowest BCUT2D eigenvalue weighted by Gasteiger charge is -2.33. The lowest BCUT2D eigenvalue weighted by molar-refractivity contribution is -0.189. The molecule has 4 unspecified atom stereocenters. The van der Waals surface area contributed by atoms with Crippen LogP contribution in [0.1, 0.15) is 45.4 Å². The van der Waals surface area contributed by atoms with Crippen LogP contribution in [0, 0.1) is 11.8 Å². The predicted octanol–water partition coefficient (Wildman–Crippen LogP) is 3.50. The number of alkyl halides is 3. The Labute approximate surface area is 94.8 Å². The summed E-state index contributed by atoms with van der Waals surface area (Å²) in [5.74, 6) is -0.491. The fourth-order valence-corrected chi connectivity index (χ4v) is 2.90. The maximum absolute atomic E-state index is 12.8. The first-order chi connectivity index (χ1) is 7.52. The van der Waals surface area contributed by atoms with Gasteiger partial charge in [0, 0.05) is 12.1 Å². The molecule has 16 heavy (non-hydrogen) atoms. The molecule has 0 amide bonds. The summed E-state index contributed by atoms with van der Waals surface area (Å²) in [4.78, 5) is 0. The average molecular weight is 235 g/mol. The zero-order valence-corrected chi connectivity index (χ0v) is 9.69. The summed E-state index contributed by atoms with van der Waals surface area (Å²) in [6.07, 6.45) is 0.799. The van der Waals surface area contributed by atoms with Crippen molar-refractivity contribution in [3.8, 4) is 0 Å². The van der Waals surface area contributed by atoms with Crippen molar-refractivity contribution in [1.29, 1.82) is 0 Å². The van der Waals surface area contributed by atoms with E-state index in [0.717, 1.165) is 25.7 Å². The van der Waals surface area contributed by atoms with Crippen LogP contribution in [0.4, 0.5) is 13.2 Å². The molecule has 0 aliphatic heterocycles. The highest BCUT2D eigenvalue weighted by Gasteiger charge is 2.47. The smallest absolute Gasteiger partial charge is 0.310 e. The topological polar surface area (TPSA) is 12.0 Å². The van der Waals surface area contributed by atoms with Gasteiger partial charge in [-0.15, -0.1) is 0 Å². The first kappa shape index (κ1) is 12.2. The molecule has 2 fully saturated rings. The first-order valence-corrected chi connectivity index (χ1v) is 6.35. The van der Waals surface area contributed by atoms with E-state index in [1.54, 1.807) is 0 Å². The molecule has 0 heterocycles.